The van der Waals surface area contributed by atoms with E-state index in [1.807, 2.05) is 25.1 Å². The second kappa shape index (κ2) is 7.49. The van der Waals surface area contributed by atoms with Crippen LogP contribution >= 0.6 is 12.2 Å². The normalized spacial score (nSPS) is 13.9. The summed E-state index contributed by atoms with van der Waals surface area (Å²) in [6.45, 7) is 3.71. The topological polar surface area (TPSA) is 42.5 Å². The number of rotatable bonds is 4. The largest absolute Gasteiger partial charge is 0.486 e. The first-order valence-corrected chi connectivity index (χ1v) is 8.21. The van der Waals surface area contributed by atoms with Crippen LogP contribution in [-0.2, 0) is 6.54 Å². The molecule has 0 aliphatic carbocycles. The summed E-state index contributed by atoms with van der Waals surface area (Å²) in [4.78, 5) is 0. The van der Waals surface area contributed by atoms with E-state index in [1.54, 1.807) is 12.1 Å². The van der Waals surface area contributed by atoms with E-state index in [2.05, 4.69) is 10.6 Å². The number of hydrogen-bond acceptors (Lipinski definition) is 3. The summed E-state index contributed by atoms with van der Waals surface area (Å²) >= 11 is 5.32. The van der Waals surface area contributed by atoms with E-state index in [0.29, 0.717) is 24.9 Å². The number of nitrogens with one attached hydrogen (secondary N) is 2. The van der Waals surface area contributed by atoms with E-state index in [0.717, 1.165) is 22.6 Å². The zero-order valence-corrected chi connectivity index (χ0v) is 14.2. The zero-order valence-electron chi connectivity index (χ0n) is 13.3. The molecule has 24 heavy (non-hydrogen) atoms. The number of ether oxygens (including phenoxy) is 2. The maximum atomic E-state index is 12.9. The van der Waals surface area contributed by atoms with Crippen LogP contribution in [0.1, 0.15) is 24.1 Å². The molecule has 126 valence electrons. The molecule has 1 heterocycles. The van der Waals surface area contributed by atoms with Crippen LogP contribution in [0.2, 0.25) is 0 Å². The van der Waals surface area contributed by atoms with Crippen LogP contribution in [0.25, 0.3) is 0 Å². The molecule has 1 aliphatic rings. The average molecular weight is 346 g/mol. The van der Waals surface area contributed by atoms with Crippen molar-refractivity contribution in [2.75, 3.05) is 13.2 Å². The molecule has 0 aromatic heterocycles. The van der Waals surface area contributed by atoms with Gasteiger partial charge in [0, 0.05) is 6.54 Å². The first-order chi connectivity index (χ1) is 11.6. The predicted molar refractivity (Wildman–Crippen MR) is 94.8 cm³/mol. The summed E-state index contributed by atoms with van der Waals surface area (Å²) in [7, 11) is 0. The molecule has 0 fully saturated rings. The number of hydrogen-bond donors (Lipinski definition) is 2. The van der Waals surface area contributed by atoms with Gasteiger partial charge in [-0.05, 0) is 54.5 Å². The van der Waals surface area contributed by atoms with Crippen molar-refractivity contribution in [3.63, 3.8) is 0 Å². The van der Waals surface area contributed by atoms with Crippen molar-refractivity contribution in [2.24, 2.45) is 0 Å². The van der Waals surface area contributed by atoms with Crippen molar-refractivity contribution in [2.45, 2.75) is 19.5 Å². The van der Waals surface area contributed by atoms with Crippen LogP contribution in [0, 0.1) is 5.82 Å². The highest BCUT2D eigenvalue weighted by atomic mass is 32.1. The molecule has 6 heteroatoms. The van der Waals surface area contributed by atoms with Crippen LogP contribution in [0.5, 0.6) is 11.5 Å². The first kappa shape index (κ1) is 16.5. The van der Waals surface area contributed by atoms with Crippen molar-refractivity contribution in [3.05, 3.63) is 59.4 Å². The highest BCUT2D eigenvalue weighted by molar-refractivity contribution is 7.80. The Hall–Kier alpha value is -2.34. The van der Waals surface area contributed by atoms with Gasteiger partial charge in [0.15, 0.2) is 16.6 Å². The zero-order chi connectivity index (χ0) is 16.9. The molecule has 0 saturated carbocycles. The van der Waals surface area contributed by atoms with Gasteiger partial charge in [-0.3, -0.25) is 0 Å². The average Bonchev–Trinajstić information content (AvgIpc) is 2.61. The van der Waals surface area contributed by atoms with Crippen LogP contribution in [-0.4, -0.2) is 18.3 Å². The lowest BCUT2D eigenvalue weighted by atomic mass is 10.1. The third kappa shape index (κ3) is 4.14. The molecule has 2 N–H and O–H groups in total. The molecule has 0 bridgehead atoms. The molecule has 0 saturated heterocycles. The lowest BCUT2D eigenvalue weighted by Crippen LogP contribution is -2.36. The van der Waals surface area contributed by atoms with E-state index in [9.17, 15) is 4.39 Å². The fraction of sp³-hybridized carbons (Fsp3) is 0.278. The van der Waals surface area contributed by atoms with Crippen molar-refractivity contribution in [1.82, 2.24) is 10.6 Å². The Kier molecular flexibility index (Phi) is 5.15. The summed E-state index contributed by atoms with van der Waals surface area (Å²) in [6, 6.07) is 12.2. The van der Waals surface area contributed by atoms with Gasteiger partial charge in [0.25, 0.3) is 0 Å². The van der Waals surface area contributed by atoms with Gasteiger partial charge in [-0.2, -0.15) is 0 Å². The molecular weight excluding hydrogens is 327 g/mol. The maximum absolute atomic E-state index is 12.9. The Bertz CT molecular complexity index is 721. The monoisotopic (exact) mass is 346 g/mol. The van der Waals surface area contributed by atoms with E-state index in [-0.39, 0.29) is 11.9 Å². The summed E-state index contributed by atoms with van der Waals surface area (Å²) in [5, 5.41) is 6.90. The molecule has 1 aliphatic heterocycles. The summed E-state index contributed by atoms with van der Waals surface area (Å²) < 4.78 is 24.0. The van der Waals surface area contributed by atoms with Crippen LogP contribution < -0.4 is 20.1 Å². The number of fused-ring (bicyclic) bond motifs is 1. The Morgan fingerprint density at radius 2 is 1.83 bits per heavy atom. The molecule has 0 amide bonds. The minimum Gasteiger partial charge on any atom is -0.486 e. The summed E-state index contributed by atoms with van der Waals surface area (Å²) in [5.74, 6) is 1.29. The Morgan fingerprint density at radius 3 is 2.58 bits per heavy atom. The minimum absolute atomic E-state index is 0.0223. The lowest BCUT2D eigenvalue weighted by molar-refractivity contribution is 0.171. The van der Waals surface area contributed by atoms with Crippen molar-refractivity contribution in [3.8, 4) is 11.5 Å². The van der Waals surface area contributed by atoms with Gasteiger partial charge in [-0.15, -0.1) is 0 Å². The Balaban J connectivity index is 1.55. The second-order valence-electron chi connectivity index (χ2n) is 5.58. The fourth-order valence-electron chi connectivity index (χ4n) is 2.44. The van der Waals surface area contributed by atoms with Gasteiger partial charge in [-0.1, -0.05) is 18.2 Å². The van der Waals surface area contributed by atoms with E-state index in [4.69, 9.17) is 21.7 Å². The number of thiocarbonyl (C=S) groups is 1. The van der Waals surface area contributed by atoms with Gasteiger partial charge in [0.05, 0.1) is 6.04 Å². The molecule has 0 spiro atoms. The smallest absolute Gasteiger partial charge is 0.167 e. The highest BCUT2D eigenvalue weighted by Gasteiger charge is 2.14. The number of benzene rings is 2. The second-order valence-corrected chi connectivity index (χ2v) is 5.99. The quantitative estimate of drug-likeness (QED) is 0.832. The molecule has 3 rings (SSSR count). The van der Waals surface area contributed by atoms with Gasteiger partial charge < -0.3 is 20.1 Å². The summed E-state index contributed by atoms with van der Waals surface area (Å²) in [6.07, 6.45) is 0. The molecule has 1 atom stereocenters. The van der Waals surface area contributed by atoms with E-state index < -0.39 is 0 Å². The van der Waals surface area contributed by atoms with Crippen molar-refractivity contribution in [1.29, 1.82) is 0 Å². The van der Waals surface area contributed by atoms with Gasteiger partial charge in [0.1, 0.15) is 19.0 Å². The van der Waals surface area contributed by atoms with Crippen LogP contribution in [0.15, 0.2) is 42.5 Å². The Morgan fingerprint density at radius 1 is 1.12 bits per heavy atom. The lowest BCUT2D eigenvalue weighted by Gasteiger charge is -2.22. The molecule has 2 aromatic carbocycles. The van der Waals surface area contributed by atoms with E-state index >= 15 is 0 Å². The summed E-state index contributed by atoms with van der Waals surface area (Å²) in [5.41, 5.74) is 2.03. The number of halogens is 1. The van der Waals surface area contributed by atoms with Crippen LogP contribution in [0.3, 0.4) is 0 Å². The minimum atomic E-state index is -0.244. The molecule has 4 nitrogen and oxygen atoms in total. The molecular formula is C18H19FN2O2S. The Labute approximate surface area is 146 Å². The van der Waals surface area contributed by atoms with Gasteiger partial charge >= 0.3 is 0 Å². The van der Waals surface area contributed by atoms with Crippen LogP contribution in [0.4, 0.5) is 4.39 Å². The molecule has 0 unspecified atom stereocenters. The predicted octanol–water partition coefficient (Wildman–Crippen LogP) is 3.32. The van der Waals surface area contributed by atoms with Gasteiger partial charge in [0.2, 0.25) is 0 Å². The molecule has 0 radical (unpaired) electrons. The fourth-order valence-corrected chi connectivity index (χ4v) is 2.69. The van der Waals surface area contributed by atoms with Gasteiger partial charge in [-0.25, -0.2) is 4.39 Å². The maximum Gasteiger partial charge on any atom is 0.167 e. The first-order valence-electron chi connectivity index (χ1n) is 7.80. The third-order valence-electron chi connectivity index (χ3n) is 3.78. The SMILES string of the molecule is C[C@@H](NC(=S)NCc1ccc(F)cc1)c1ccc2c(c1)OCCO2. The highest BCUT2D eigenvalue weighted by Crippen LogP contribution is 2.32. The third-order valence-corrected chi connectivity index (χ3v) is 4.04. The van der Waals surface area contributed by atoms with E-state index in [1.165, 1.54) is 12.1 Å². The van der Waals surface area contributed by atoms with Crippen molar-refractivity contribution >= 4 is 17.3 Å². The molecule has 2 aromatic rings. The van der Waals surface area contributed by atoms with Crippen molar-refractivity contribution < 1.29 is 13.9 Å². The standard InChI is InChI=1S/C18H19FN2O2S/c1-12(14-4-7-16-17(10-14)23-9-8-22-16)21-18(24)20-11-13-2-5-15(19)6-3-13/h2-7,10,12H,8-9,11H2,1H3,(H2,20,21,24)/t12-/m1/s1.